The summed E-state index contributed by atoms with van der Waals surface area (Å²) in [4.78, 5) is 26.5. The molecule has 0 radical (unpaired) electrons. The maximum atomic E-state index is 12.7. The molecule has 0 bridgehead atoms. The fourth-order valence-corrected chi connectivity index (χ4v) is 2.58. The van der Waals surface area contributed by atoms with E-state index in [2.05, 4.69) is 10.4 Å². The molecule has 3 rings (SSSR count). The van der Waals surface area contributed by atoms with Gasteiger partial charge in [-0.25, -0.2) is 0 Å². The largest absolute Gasteiger partial charge is 0.352 e. The molecule has 2 amide bonds. The zero-order chi connectivity index (χ0) is 14.8. The molecule has 1 aliphatic heterocycles. The second kappa shape index (κ2) is 5.40. The topological polar surface area (TPSA) is 67.2 Å². The zero-order valence-electron chi connectivity index (χ0n) is 11.7. The van der Waals surface area contributed by atoms with Crippen LogP contribution < -0.4 is 5.32 Å². The van der Waals surface area contributed by atoms with E-state index < -0.39 is 6.04 Å². The summed E-state index contributed by atoms with van der Waals surface area (Å²) in [5, 5.41) is 6.84. The predicted molar refractivity (Wildman–Crippen MR) is 76.4 cm³/mol. The van der Waals surface area contributed by atoms with Crippen molar-refractivity contribution in [1.82, 2.24) is 20.0 Å². The van der Waals surface area contributed by atoms with Crippen molar-refractivity contribution in [3.05, 3.63) is 53.9 Å². The molecule has 1 N–H and O–H groups in total. The quantitative estimate of drug-likeness (QED) is 0.884. The van der Waals surface area contributed by atoms with Gasteiger partial charge in [-0.05, 0) is 11.6 Å². The zero-order valence-corrected chi connectivity index (χ0v) is 11.7. The molecule has 0 aliphatic carbocycles. The molecule has 2 heterocycles. The van der Waals surface area contributed by atoms with Crippen LogP contribution in [0.2, 0.25) is 0 Å². The number of benzene rings is 1. The summed E-state index contributed by atoms with van der Waals surface area (Å²) in [6.07, 6.45) is 1.58. The standard InChI is InChI=1S/C15H16N4O2/c1-18-12(7-8-17-18)15(21)19-10-9-16-14(20)13(19)11-5-3-2-4-6-11/h2-8,13H,9-10H2,1H3,(H,16,20)/t13-/m0/s1. The Kier molecular flexibility index (Phi) is 3.43. The van der Waals surface area contributed by atoms with Crippen LogP contribution in [0, 0.1) is 0 Å². The van der Waals surface area contributed by atoms with Gasteiger partial charge in [-0.15, -0.1) is 0 Å². The first-order chi connectivity index (χ1) is 10.2. The summed E-state index contributed by atoms with van der Waals surface area (Å²) >= 11 is 0. The number of amides is 2. The Morgan fingerprint density at radius 3 is 2.71 bits per heavy atom. The average molecular weight is 284 g/mol. The molecule has 1 aromatic heterocycles. The molecule has 0 saturated carbocycles. The van der Waals surface area contributed by atoms with Crippen LogP contribution in [0.5, 0.6) is 0 Å². The number of aromatic nitrogens is 2. The van der Waals surface area contributed by atoms with Crippen molar-refractivity contribution < 1.29 is 9.59 Å². The summed E-state index contributed by atoms with van der Waals surface area (Å²) < 4.78 is 1.52. The fourth-order valence-electron chi connectivity index (χ4n) is 2.58. The highest BCUT2D eigenvalue weighted by atomic mass is 16.2. The van der Waals surface area contributed by atoms with E-state index in [-0.39, 0.29) is 11.8 Å². The second-order valence-corrected chi connectivity index (χ2v) is 4.94. The number of rotatable bonds is 2. The van der Waals surface area contributed by atoms with Crippen LogP contribution in [-0.4, -0.2) is 39.6 Å². The van der Waals surface area contributed by atoms with E-state index >= 15 is 0 Å². The van der Waals surface area contributed by atoms with E-state index in [9.17, 15) is 9.59 Å². The smallest absolute Gasteiger partial charge is 0.273 e. The first-order valence-electron chi connectivity index (χ1n) is 6.80. The maximum Gasteiger partial charge on any atom is 0.273 e. The minimum Gasteiger partial charge on any atom is -0.352 e. The third-order valence-corrected chi connectivity index (χ3v) is 3.63. The second-order valence-electron chi connectivity index (χ2n) is 4.94. The fraction of sp³-hybridized carbons (Fsp3) is 0.267. The molecule has 0 unspecified atom stereocenters. The summed E-state index contributed by atoms with van der Waals surface area (Å²) in [7, 11) is 1.72. The van der Waals surface area contributed by atoms with Gasteiger partial charge in [0.1, 0.15) is 11.7 Å². The average Bonchev–Trinajstić information content (AvgIpc) is 2.93. The lowest BCUT2D eigenvalue weighted by atomic mass is 10.0. The van der Waals surface area contributed by atoms with Crippen LogP contribution in [0.4, 0.5) is 0 Å². The third-order valence-electron chi connectivity index (χ3n) is 3.63. The lowest BCUT2D eigenvalue weighted by Gasteiger charge is -2.35. The van der Waals surface area contributed by atoms with Crippen molar-refractivity contribution in [1.29, 1.82) is 0 Å². The molecule has 108 valence electrons. The number of piperazine rings is 1. The highest BCUT2D eigenvalue weighted by Crippen LogP contribution is 2.24. The van der Waals surface area contributed by atoms with E-state index in [1.54, 1.807) is 24.2 Å². The van der Waals surface area contributed by atoms with Crippen LogP contribution in [-0.2, 0) is 11.8 Å². The van der Waals surface area contributed by atoms with Crippen LogP contribution in [0.25, 0.3) is 0 Å². The van der Waals surface area contributed by atoms with Crippen LogP contribution >= 0.6 is 0 Å². The maximum absolute atomic E-state index is 12.7. The molecule has 1 fully saturated rings. The Bertz CT molecular complexity index is 665. The van der Waals surface area contributed by atoms with E-state index in [0.29, 0.717) is 18.8 Å². The van der Waals surface area contributed by atoms with Gasteiger partial charge in [0.15, 0.2) is 0 Å². The molecule has 1 aliphatic rings. The van der Waals surface area contributed by atoms with E-state index in [1.165, 1.54) is 4.68 Å². The predicted octanol–water partition coefficient (Wildman–Crippen LogP) is 0.733. The highest BCUT2D eigenvalue weighted by Gasteiger charge is 2.35. The van der Waals surface area contributed by atoms with E-state index in [1.807, 2.05) is 30.3 Å². The lowest BCUT2D eigenvalue weighted by Crippen LogP contribution is -2.52. The monoisotopic (exact) mass is 284 g/mol. The van der Waals surface area contributed by atoms with Crippen molar-refractivity contribution in [3.8, 4) is 0 Å². The molecule has 1 atom stereocenters. The molecule has 0 spiro atoms. The van der Waals surface area contributed by atoms with Gasteiger partial charge in [-0.3, -0.25) is 14.3 Å². The van der Waals surface area contributed by atoms with Crippen LogP contribution in [0.1, 0.15) is 22.1 Å². The number of carbonyl (C=O) groups is 2. The highest BCUT2D eigenvalue weighted by molar-refractivity contribution is 5.97. The minimum atomic E-state index is -0.595. The number of hydrogen-bond acceptors (Lipinski definition) is 3. The van der Waals surface area contributed by atoms with Crippen molar-refractivity contribution in [2.45, 2.75) is 6.04 Å². The first-order valence-corrected chi connectivity index (χ1v) is 6.80. The Morgan fingerprint density at radius 2 is 2.05 bits per heavy atom. The van der Waals surface area contributed by atoms with Gasteiger partial charge >= 0.3 is 0 Å². The number of hydrogen-bond donors (Lipinski definition) is 1. The third kappa shape index (κ3) is 2.40. The lowest BCUT2D eigenvalue weighted by molar-refractivity contribution is -0.128. The molecule has 2 aromatic rings. The van der Waals surface area contributed by atoms with Gasteiger partial charge in [-0.1, -0.05) is 30.3 Å². The molecule has 6 heteroatoms. The van der Waals surface area contributed by atoms with Gasteiger partial charge in [0, 0.05) is 26.3 Å². The van der Waals surface area contributed by atoms with Crippen LogP contribution in [0.3, 0.4) is 0 Å². The molecule has 6 nitrogen and oxygen atoms in total. The Hall–Kier alpha value is -2.63. The Balaban J connectivity index is 1.97. The van der Waals surface area contributed by atoms with E-state index in [4.69, 9.17) is 0 Å². The van der Waals surface area contributed by atoms with Crippen molar-refractivity contribution in [2.24, 2.45) is 7.05 Å². The number of nitrogens with one attached hydrogen (secondary N) is 1. The van der Waals surface area contributed by atoms with E-state index in [0.717, 1.165) is 5.56 Å². The summed E-state index contributed by atoms with van der Waals surface area (Å²) in [6, 6.07) is 10.4. The van der Waals surface area contributed by atoms with Gasteiger partial charge in [0.05, 0.1) is 0 Å². The Labute approximate surface area is 122 Å². The van der Waals surface area contributed by atoms with Crippen molar-refractivity contribution in [2.75, 3.05) is 13.1 Å². The normalized spacial score (nSPS) is 18.4. The van der Waals surface area contributed by atoms with Gasteiger partial charge in [0.2, 0.25) is 5.91 Å². The van der Waals surface area contributed by atoms with Gasteiger partial charge < -0.3 is 10.2 Å². The summed E-state index contributed by atoms with van der Waals surface area (Å²) in [5.41, 5.74) is 1.29. The number of nitrogens with zero attached hydrogens (tertiary/aromatic N) is 3. The van der Waals surface area contributed by atoms with Crippen LogP contribution in [0.15, 0.2) is 42.6 Å². The molecular formula is C15H16N4O2. The Morgan fingerprint density at radius 1 is 1.29 bits per heavy atom. The SMILES string of the molecule is Cn1nccc1C(=O)N1CCNC(=O)[C@@H]1c1ccccc1. The number of aryl methyl sites for hydroxylation is 1. The van der Waals surface area contributed by atoms with Gasteiger partial charge in [0.25, 0.3) is 5.91 Å². The molecule has 1 aromatic carbocycles. The van der Waals surface area contributed by atoms with Crippen molar-refractivity contribution in [3.63, 3.8) is 0 Å². The van der Waals surface area contributed by atoms with Gasteiger partial charge in [-0.2, -0.15) is 5.10 Å². The molecule has 21 heavy (non-hydrogen) atoms. The summed E-state index contributed by atoms with van der Waals surface area (Å²) in [5.74, 6) is -0.332. The first kappa shape index (κ1) is 13.4. The summed E-state index contributed by atoms with van der Waals surface area (Å²) in [6.45, 7) is 0.946. The number of carbonyl (C=O) groups excluding carboxylic acids is 2. The van der Waals surface area contributed by atoms with Crippen molar-refractivity contribution >= 4 is 11.8 Å². The molecule has 1 saturated heterocycles. The molecular weight excluding hydrogens is 268 g/mol. The minimum absolute atomic E-state index is 0.150.